The predicted molar refractivity (Wildman–Crippen MR) is 108 cm³/mol. The second kappa shape index (κ2) is 10.1. The minimum atomic E-state index is -0.627. The number of benzene rings is 2. The molecule has 0 saturated heterocycles. The van der Waals surface area contributed by atoms with E-state index in [1.165, 1.54) is 12.7 Å². The summed E-state index contributed by atoms with van der Waals surface area (Å²) in [5.41, 5.74) is 3.18. The highest BCUT2D eigenvalue weighted by molar-refractivity contribution is 5.87. The number of nitrogens with zero attached hydrogens (tertiary/aromatic N) is 2. The Balaban J connectivity index is 1.94. The number of non-ortho nitro benzene ring substituents is 1. The summed E-state index contributed by atoms with van der Waals surface area (Å²) in [6.07, 6.45) is 2.12. The molecule has 0 aliphatic carbocycles. The molecule has 154 valence electrons. The minimum absolute atomic E-state index is 0.0258. The van der Waals surface area contributed by atoms with Crippen LogP contribution in [-0.4, -0.2) is 35.9 Å². The van der Waals surface area contributed by atoms with Crippen LogP contribution in [0.5, 0.6) is 17.2 Å². The van der Waals surface area contributed by atoms with Crippen molar-refractivity contribution in [2.75, 3.05) is 13.7 Å². The van der Waals surface area contributed by atoms with Crippen molar-refractivity contribution >= 4 is 17.8 Å². The molecule has 0 aliphatic rings. The lowest BCUT2D eigenvalue weighted by Gasteiger charge is -2.10. The summed E-state index contributed by atoms with van der Waals surface area (Å²) in [4.78, 5) is 22.2. The molecular weight excluding hydrogens is 378 g/mol. The highest BCUT2D eigenvalue weighted by Crippen LogP contribution is 2.33. The zero-order valence-corrected chi connectivity index (χ0v) is 16.4. The van der Waals surface area contributed by atoms with Crippen LogP contribution in [0.1, 0.15) is 37.3 Å². The fourth-order valence-corrected chi connectivity index (χ4v) is 2.46. The van der Waals surface area contributed by atoms with Gasteiger partial charge in [-0.2, -0.15) is 5.10 Å². The van der Waals surface area contributed by atoms with E-state index in [1.54, 1.807) is 12.1 Å². The average Bonchev–Trinajstić information content (AvgIpc) is 2.73. The highest BCUT2D eigenvalue weighted by atomic mass is 16.6. The molecule has 0 aliphatic heterocycles. The Bertz CT molecular complexity index is 896. The van der Waals surface area contributed by atoms with Crippen LogP contribution in [0.25, 0.3) is 0 Å². The molecule has 1 amide bonds. The number of amides is 1. The molecule has 2 aromatic rings. The number of nitro groups is 1. The van der Waals surface area contributed by atoms with Crippen LogP contribution in [0.4, 0.5) is 5.69 Å². The Labute approximate surface area is 168 Å². The van der Waals surface area contributed by atoms with Crippen molar-refractivity contribution < 1.29 is 24.3 Å². The maximum Gasteiger partial charge on any atom is 0.277 e. The second-order valence-corrected chi connectivity index (χ2v) is 6.30. The summed E-state index contributed by atoms with van der Waals surface area (Å²) in [5.74, 6) is 0.0804. The summed E-state index contributed by atoms with van der Waals surface area (Å²) in [6, 6.07) is 9.71. The molecule has 0 saturated carbocycles. The molecule has 0 bridgehead atoms. The first kappa shape index (κ1) is 21.7. The van der Waals surface area contributed by atoms with Crippen molar-refractivity contribution in [2.24, 2.45) is 5.10 Å². The number of nitrogens with one attached hydrogen (secondary N) is 1. The first-order valence-electron chi connectivity index (χ1n) is 8.95. The van der Waals surface area contributed by atoms with E-state index in [-0.39, 0.29) is 29.4 Å². The molecule has 0 unspecified atom stereocenters. The summed E-state index contributed by atoms with van der Waals surface area (Å²) in [5, 5.41) is 24.7. The molecule has 0 fully saturated rings. The lowest BCUT2D eigenvalue weighted by Crippen LogP contribution is -2.24. The van der Waals surface area contributed by atoms with Crippen molar-refractivity contribution in [3.8, 4) is 17.2 Å². The van der Waals surface area contributed by atoms with Gasteiger partial charge >= 0.3 is 0 Å². The van der Waals surface area contributed by atoms with Gasteiger partial charge in [0.2, 0.25) is 0 Å². The van der Waals surface area contributed by atoms with E-state index < -0.39 is 10.8 Å². The number of hydrogen-bond donors (Lipinski definition) is 2. The van der Waals surface area contributed by atoms with Crippen LogP contribution in [0, 0.1) is 10.1 Å². The van der Waals surface area contributed by atoms with Crippen molar-refractivity contribution in [3.63, 3.8) is 0 Å². The maximum atomic E-state index is 11.9. The van der Waals surface area contributed by atoms with Crippen molar-refractivity contribution in [3.05, 3.63) is 57.6 Å². The van der Waals surface area contributed by atoms with E-state index in [2.05, 4.69) is 24.4 Å². The van der Waals surface area contributed by atoms with E-state index in [0.29, 0.717) is 11.7 Å². The largest absolute Gasteiger partial charge is 0.504 e. The molecule has 2 aromatic carbocycles. The van der Waals surface area contributed by atoms with Gasteiger partial charge in [-0.25, -0.2) is 5.43 Å². The third kappa shape index (κ3) is 5.93. The third-order valence-electron chi connectivity index (χ3n) is 4.34. The smallest absolute Gasteiger partial charge is 0.277 e. The first-order valence-corrected chi connectivity index (χ1v) is 8.95. The van der Waals surface area contributed by atoms with Crippen molar-refractivity contribution in [1.29, 1.82) is 0 Å². The van der Waals surface area contributed by atoms with Crippen LogP contribution in [0.2, 0.25) is 0 Å². The van der Waals surface area contributed by atoms with Gasteiger partial charge in [-0.3, -0.25) is 14.9 Å². The van der Waals surface area contributed by atoms with Crippen molar-refractivity contribution in [2.45, 2.75) is 26.2 Å². The predicted octanol–water partition coefficient (Wildman–Crippen LogP) is 3.35. The van der Waals surface area contributed by atoms with Gasteiger partial charge in [0.15, 0.2) is 18.1 Å². The van der Waals surface area contributed by atoms with Crippen molar-refractivity contribution in [1.82, 2.24) is 5.43 Å². The van der Waals surface area contributed by atoms with E-state index in [1.807, 2.05) is 12.1 Å². The molecule has 0 spiro atoms. The molecule has 0 heterocycles. The number of carbonyl (C=O) groups is 1. The lowest BCUT2D eigenvalue weighted by molar-refractivity contribution is -0.385. The van der Waals surface area contributed by atoms with E-state index in [9.17, 15) is 20.0 Å². The quantitative estimate of drug-likeness (QED) is 0.377. The van der Waals surface area contributed by atoms with Gasteiger partial charge < -0.3 is 14.6 Å². The Morgan fingerprint density at radius 1 is 1.34 bits per heavy atom. The molecule has 2 N–H and O–H groups in total. The topological polar surface area (TPSA) is 123 Å². The SMILES string of the molecule is CC[C@H](C)c1ccc(OCC(=O)N/N=C\c2cc([N+](=O)[O-])cc(OC)c2O)cc1. The number of methoxy groups -OCH3 is 1. The lowest BCUT2D eigenvalue weighted by atomic mass is 9.99. The summed E-state index contributed by atoms with van der Waals surface area (Å²) < 4.78 is 10.3. The molecule has 0 radical (unpaired) electrons. The summed E-state index contributed by atoms with van der Waals surface area (Å²) >= 11 is 0. The molecule has 9 nitrogen and oxygen atoms in total. The van der Waals surface area contributed by atoms with Gasteiger partial charge in [0, 0.05) is 11.6 Å². The number of rotatable bonds is 9. The molecular formula is C20H23N3O6. The van der Waals surface area contributed by atoms with Crippen LogP contribution < -0.4 is 14.9 Å². The Hall–Kier alpha value is -3.62. The number of hydrazone groups is 1. The van der Waals surface area contributed by atoms with Gasteiger partial charge in [-0.05, 0) is 30.0 Å². The zero-order valence-electron chi connectivity index (χ0n) is 16.4. The Morgan fingerprint density at radius 3 is 2.62 bits per heavy atom. The highest BCUT2D eigenvalue weighted by Gasteiger charge is 2.15. The van der Waals surface area contributed by atoms with E-state index in [4.69, 9.17) is 9.47 Å². The van der Waals surface area contributed by atoms with Crippen LogP contribution in [0.3, 0.4) is 0 Å². The Morgan fingerprint density at radius 2 is 2.03 bits per heavy atom. The number of phenolic OH excluding ortho intramolecular Hbond substituents is 1. The average molecular weight is 401 g/mol. The normalized spacial score (nSPS) is 11.8. The fourth-order valence-electron chi connectivity index (χ4n) is 2.46. The Kier molecular flexibility index (Phi) is 7.53. The second-order valence-electron chi connectivity index (χ2n) is 6.30. The summed E-state index contributed by atoms with van der Waals surface area (Å²) in [6.45, 7) is 3.99. The van der Waals surface area contributed by atoms with Gasteiger partial charge in [-0.15, -0.1) is 0 Å². The maximum absolute atomic E-state index is 11.9. The van der Waals surface area contributed by atoms with Crippen LogP contribution >= 0.6 is 0 Å². The number of hydrogen-bond acceptors (Lipinski definition) is 7. The third-order valence-corrected chi connectivity index (χ3v) is 4.34. The van der Waals surface area contributed by atoms with Crippen LogP contribution in [0.15, 0.2) is 41.5 Å². The first-order chi connectivity index (χ1) is 13.8. The van der Waals surface area contributed by atoms with Gasteiger partial charge in [-0.1, -0.05) is 26.0 Å². The number of phenols is 1. The number of nitro benzene ring substituents is 1. The molecule has 29 heavy (non-hydrogen) atoms. The van der Waals surface area contributed by atoms with E-state index >= 15 is 0 Å². The van der Waals surface area contributed by atoms with Gasteiger partial charge in [0.1, 0.15) is 5.75 Å². The standard InChI is InChI=1S/C20H23N3O6/c1-4-13(2)14-5-7-17(8-6-14)29-12-19(24)22-21-11-15-9-16(23(26)27)10-18(28-3)20(15)25/h5-11,13,25H,4,12H2,1-3H3,(H,22,24)/b21-11-/t13-/m0/s1. The number of aromatic hydroxyl groups is 1. The molecule has 9 heteroatoms. The fraction of sp³-hybridized carbons (Fsp3) is 0.300. The van der Waals surface area contributed by atoms with Crippen LogP contribution in [-0.2, 0) is 4.79 Å². The summed E-state index contributed by atoms with van der Waals surface area (Å²) in [7, 11) is 1.27. The zero-order chi connectivity index (χ0) is 21.4. The monoisotopic (exact) mass is 401 g/mol. The molecule has 1 atom stereocenters. The van der Waals surface area contributed by atoms with E-state index in [0.717, 1.165) is 24.8 Å². The molecule has 2 rings (SSSR count). The minimum Gasteiger partial charge on any atom is -0.504 e. The van der Waals surface area contributed by atoms with Gasteiger partial charge in [0.25, 0.3) is 11.6 Å². The van der Waals surface area contributed by atoms with Gasteiger partial charge in [0.05, 0.1) is 24.3 Å². The number of ether oxygens (including phenoxy) is 2. The number of carbonyl (C=O) groups excluding carboxylic acids is 1. The molecule has 0 aromatic heterocycles.